The summed E-state index contributed by atoms with van der Waals surface area (Å²) in [6.07, 6.45) is 3.07. The first-order chi connectivity index (χ1) is 7.84. The van der Waals surface area contributed by atoms with Gasteiger partial charge < -0.3 is 5.32 Å². The van der Waals surface area contributed by atoms with Crippen LogP contribution < -0.4 is 5.32 Å². The van der Waals surface area contributed by atoms with Crippen molar-refractivity contribution in [2.75, 3.05) is 13.1 Å². The minimum absolute atomic E-state index is 0.0699. The lowest BCUT2D eigenvalue weighted by atomic mass is 10.2. The zero-order valence-electron chi connectivity index (χ0n) is 8.98. The quantitative estimate of drug-likeness (QED) is 0.447. The molecule has 0 bridgehead atoms. The lowest BCUT2D eigenvalue weighted by molar-refractivity contribution is 0.0953. The molecule has 0 atom stereocenters. The number of carbonyl (C=O) groups is 1. The molecule has 0 saturated carbocycles. The van der Waals surface area contributed by atoms with Crippen LogP contribution in [0.2, 0.25) is 0 Å². The van der Waals surface area contributed by atoms with Crippen molar-refractivity contribution in [2.45, 2.75) is 12.8 Å². The molecule has 0 fully saturated rings. The van der Waals surface area contributed by atoms with Crippen LogP contribution in [0.25, 0.3) is 0 Å². The minimum Gasteiger partial charge on any atom is -0.352 e. The second kappa shape index (κ2) is 7.37. The molecule has 0 saturated heterocycles. The number of nitrogens with one attached hydrogen (secondary N) is 1. The fourth-order valence-electron chi connectivity index (χ4n) is 1.26. The highest BCUT2D eigenvalue weighted by molar-refractivity contribution is 5.94. The summed E-state index contributed by atoms with van der Waals surface area (Å²) in [6, 6.07) is 9.06. The predicted octanol–water partition coefficient (Wildman–Crippen LogP) is 1.53. The zero-order chi connectivity index (χ0) is 11.6. The van der Waals surface area contributed by atoms with Crippen LogP contribution in [0.4, 0.5) is 0 Å². The van der Waals surface area contributed by atoms with Crippen LogP contribution in [0.3, 0.4) is 0 Å². The molecule has 0 aromatic heterocycles. The standard InChI is InChI=1S/C12H14N2O2/c15-10-13-8-4-5-9-14-12(16)11-6-2-1-3-7-11/h1-3,6-7H,4-5,8-9H2,(H,14,16). The average Bonchev–Trinajstić information content (AvgIpc) is 2.34. The normalized spacial score (nSPS) is 9.25. The van der Waals surface area contributed by atoms with Crippen LogP contribution >= 0.6 is 0 Å². The van der Waals surface area contributed by atoms with Crippen molar-refractivity contribution >= 4 is 12.0 Å². The number of rotatable bonds is 6. The van der Waals surface area contributed by atoms with Crippen LogP contribution in [0.1, 0.15) is 23.2 Å². The van der Waals surface area contributed by atoms with E-state index in [9.17, 15) is 9.59 Å². The molecule has 0 heterocycles. The molecular weight excluding hydrogens is 204 g/mol. The van der Waals surface area contributed by atoms with Gasteiger partial charge in [0, 0.05) is 12.1 Å². The summed E-state index contributed by atoms with van der Waals surface area (Å²) in [4.78, 5) is 24.7. The maximum Gasteiger partial charge on any atom is 0.251 e. The van der Waals surface area contributed by atoms with Crippen LogP contribution in [-0.4, -0.2) is 25.1 Å². The van der Waals surface area contributed by atoms with Crippen molar-refractivity contribution in [1.82, 2.24) is 5.32 Å². The van der Waals surface area contributed by atoms with Crippen LogP contribution in [-0.2, 0) is 4.79 Å². The number of hydrogen-bond acceptors (Lipinski definition) is 3. The lowest BCUT2D eigenvalue weighted by Gasteiger charge is -2.03. The van der Waals surface area contributed by atoms with E-state index in [0.717, 1.165) is 12.8 Å². The van der Waals surface area contributed by atoms with Gasteiger partial charge in [-0.3, -0.25) is 4.79 Å². The zero-order valence-corrected chi connectivity index (χ0v) is 8.98. The van der Waals surface area contributed by atoms with Crippen LogP contribution in [0.5, 0.6) is 0 Å². The molecule has 1 amide bonds. The maximum absolute atomic E-state index is 11.5. The average molecular weight is 218 g/mol. The first-order valence-corrected chi connectivity index (χ1v) is 5.21. The third-order valence-corrected chi connectivity index (χ3v) is 2.08. The van der Waals surface area contributed by atoms with Gasteiger partial charge in [-0.2, -0.15) is 0 Å². The predicted molar refractivity (Wildman–Crippen MR) is 61.0 cm³/mol. The molecule has 1 aromatic rings. The van der Waals surface area contributed by atoms with Gasteiger partial charge in [0.2, 0.25) is 6.08 Å². The molecule has 84 valence electrons. The van der Waals surface area contributed by atoms with E-state index in [-0.39, 0.29) is 5.91 Å². The summed E-state index contributed by atoms with van der Waals surface area (Å²) in [5, 5.41) is 2.80. The molecule has 1 N–H and O–H groups in total. The Morgan fingerprint density at radius 1 is 1.25 bits per heavy atom. The third-order valence-electron chi connectivity index (χ3n) is 2.08. The van der Waals surface area contributed by atoms with Crippen LogP contribution in [0.15, 0.2) is 35.3 Å². The van der Waals surface area contributed by atoms with Gasteiger partial charge in [-0.1, -0.05) is 18.2 Å². The third kappa shape index (κ3) is 4.53. The molecule has 1 aromatic carbocycles. The number of carbonyl (C=O) groups excluding carboxylic acids is 2. The van der Waals surface area contributed by atoms with E-state index in [1.54, 1.807) is 12.1 Å². The highest BCUT2D eigenvalue weighted by atomic mass is 16.1. The fourth-order valence-corrected chi connectivity index (χ4v) is 1.26. The Bertz CT molecular complexity index is 370. The van der Waals surface area contributed by atoms with E-state index in [2.05, 4.69) is 10.3 Å². The molecule has 1 rings (SSSR count). The second-order valence-corrected chi connectivity index (χ2v) is 3.30. The lowest BCUT2D eigenvalue weighted by Crippen LogP contribution is -2.24. The number of isocyanates is 1. The van der Waals surface area contributed by atoms with Crippen LogP contribution in [0, 0.1) is 0 Å². The molecule has 0 radical (unpaired) electrons. The Morgan fingerprint density at radius 3 is 2.69 bits per heavy atom. The fraction of sp³-hybridized carbons (Fsp3) is 0.333. The molecule has 0 aliphatic heterocycles. The maximum atomic E-state index is 11.5. The summed E-state index contributed by atoms with van der Waals surface area (Å²) >= 11 is 0. The number of nitrogens with zero attached hydrogens (tertiary/aromatic N) is 1. The van der Waals surface area contributed by atoms with Crippen molar-refractivity contribution in [1.29, 1.82) is 0 Å². The van der Waals surface area contributed by atoms with Gasteiger partial charge in [-0.05, 0) is 25.0 Å². The monoisotopic (exact) mass is 218 g/mol. The Balaban J connectivity index is 2.18. The summed E-state index contributed by atoms with van der Waals surface area (Å²) in [5.41, 5.74) is 0.661. The van der Waals surface area contributed by atoms with Crippen molar-refractivity contribution in [3.63, 3.8) is 0 Å². The Labute approximate surface area is 94.4 Å². The van der Waals surface area contributed by atoms with E-state index in [1.165, 1.54) is 6.08 Å². The minimum atomic E-state index is -0.0699. The van der Waals surface area contributed by atoms with E-state index in [0.29, 0.717) is 18.7 Å². The van der Waals surface area contributed by atoms with Gasteiger partial charge in [-0.25, -0.2) is 9.79 Å². The van der Waals surface area contributed by atoms with Gasteiger partial charge in [-0.15, -0.1) is 0 Å². The second-order valence-electron chi connectivity index (χ2n) is 3.30. The Morgan fingerprint density at radius 2 is 2.00 bits per heavy atom. The molecule has 4 nitrogen and oxygen atoms in total. The molecule has 16 heavy (non-hydrogen) atoms. The van der Waals surface area contributed by atoms with Gasteiger partial charge in [0.05, 0.1) is 6.54 Å². The van der Waals surface area contributed by atoms with Crippen molar-refractivity contribution in [3.8, 4) is 0 Å². The van der Waals surface area contributed by atoms with Gasteiger partial charge in [0.25, 0.3) is 5.91 Å². The van der Waals surface area contributed by atoms with E-state index >= 15 is 0 Å². The Kier molecular flexibility index (Phi) is 5.59. The molecule has 4 heteroatoms. The van der Waals surface area contributed by atoms with Crippen molar-refractivity contribution in [3.05, 3.63) is 35.9 Å². The summed E-state index contributed by atoms with van der Waals surface area (Å²) in [6.45, 7) is 1.08. The van der Waals surface area contributed by atoms with Crippen molar-refractivity contribution in [2.24, 2.45) is 4.99 Å². The highest BCUT2D eigenvalue weighted by Crippen LogP contribution is 1.97. The molecule has 0 aliphatic rings. The first-order valence-electron chi connectivity index (χ1n) is 5.21. The van der Waals surface area contributed by atoms with Gasteiger partial charge in [0.15, 0.2) is 0 Å². The number of unbranched alkanes of at least 4 members (excludes halogenated alkanes) is 1. The number of amides is 1. The van der Waals surface area contributed by atoms with Gasteiger partial charge >= 0.3 is 0 Å². The van der Waals surface area contributed by atoms with E-state index < -0.39 is 0 Å². The van der Waals surface area contributed by atoms with E-state index in [1.807, 2.05) is 18.2 Å². The SMILES string of the molecule is O=C=NCCCCNC(=O)c1ccccc1. The summed E-state index contributed by atoms with van der Waals surface area (Å²) in [5.74, 6) is -0.0699. The number of aliphatic imine (C=N–C) groups is 1. The summed E-state index contributed by atoms with van der Waals surface area (Å²) < 4.78 is 0. The van der Waals surface area contributed by atoms with Gasteiger partial charge in [0.1, 0.15) is 0 Å². The smallest absolute Gasteiger partial charge is 0.251 e. The number of hydrogen-bond donors (Lipinski definition) is 1. The molecule has 0 aliphatic carbocycles. The first kappa shape index (κ1) is 12.1. The van der Waals surface area contributed by atoms with Crippen molar-refractivity contribution < 1.29 is 9.59 Å². The summed E-state index contributed by atoms with van der Waals surface area (Å²) in [7, 11) is 0. The van der Waals surface area contributed by atoms with E-state index in [4.69, 9.17) is 0 Å². The molecular formula is C12H14N2O2. The highest BCUT2D eigenvalue weighted by Gasteiger charge is 2.01. The Hall–Kier alpha value is -1.93. The molecule has 0 unspecified atom stereocenters. The largest absolute Gasteiger partial charge is 0.352 e. The molecule has 0 spiro atoms. The number of benzene rings is 1. The topological polar surface area (TPSA) is 58.5 Å².